The van der Waals surface area contributed by atoms with Crippen molar-refractivity contribution in [2.24, 2.45) is 5.73 Å². The molecule has 0 saturated carbocycles. The minimum Gasteiger partial charge on any atom is -0.359 e. The molecule has 33 heavy (non-hydrogen) atoms. The second-order valence-corrected chi connectivity index (χ2v) is 8.39. The van der Waals surface area contributed by atoms with Crippen LogP contribution in [0.2, 0.25) is 0 Å². The van der Waals surface area contributed by atoms with E-state index in [4.69, 9.17) is 45.9 Å². The van der Waals surface area contributed by atoms with E-state index in [1.165, 1.54) is 30.4 Å². The maximum Gasteiger partial charge on any atom is 0.317 e. The molecule has 2 aromatic rings. The summed E-state index contributed by atoms with van der Waals surface area (Å²) in [5.74, 6) is -3.43. The molecule has 5 N–H and O–H groups in total. The van der Waals surface area contributed by atoms with Crippen LogP contribution >= 0.6 is 35.4 Å². The molecule has 2 atom stereocenters. The highest BCUT2D eigenvalue weighted by molar-refractivity contribution is 7.80. The molecule has 3 amide bonds. The molecule has 2 unspecified atom stereocenters. The first kappa shape index (κ1) is 24.8. The van der Waals surface area contributed by atoms with E-state index in [9.17, 15) is 19.1 Å². The number of allylic oxidation sites excluding steroid dienone is 2. The first-order valence-corrected chi connectivity index (χ1v) is 10.5. The van der Waals surface area contributed by atoms with E-state index in [-0.39, 0.29) is 15.6 Å². The summed E-state index contributed by atoms with van der Waals surface area (Å²) < 4.78 is 18.7. The van der Waals surface area contributed by atoms with Crippen molar-refractivity contribution in [1.82, 2.24) is 5.32 Å². The molecule has 3 rings (SSSR count). The van der Waals surface area contributed by atoms with Crippen LogP contribution in [0.1, 0.15) is 15.9 Å². The number of benzene rings is 2. The van der Waals surface area contributed by atoms with Crippen LogP contribution in [0.25, 0.3) is 5.57 Å². The van der Waals surface area contributed by atoms with Gasteiger partial charge in [0.25, 0.3) is 5.91 Å². The predicted octanol–water partition coefficient (Wildman–Crippen LogP) is 3.91. The molecular weight excluding hydrogens is 492 g/mol. The number of anilines is 1. The normalized spacial score (nSPS) is 22.1. The predicted molar refractivity (Wildman–Crippen MR) is 129 cm³/mol. The Labute approximate surface area is 204 Å². The molecule has 0 bridgehead atoms. The van der Waals surface area contributed by atoms with Gasteiger partial charge in [0.1, 0.15) is 10.8 Å². The molecule has 0 aliphatic heterocycles. The van der Waals surface area contributed by atoms with Crippen molar-refractivity contribution in [2.75, 3.05) is 12.4 Å². The van der Waals surface area contributed by atoms with Crippen molar-refractivity contribution >= 4 is 63.6 Å². The number of carbonyl (C=O) groups excluding carboxylic acids is 2. The highest BCUT2D eigenvalue weighted by Gasteiger charge is 2.56. The Hall–Kier alpha value is -2.82. The van der Waals surface area contributed by atoms with Gasteiger partial charge in [0.15, 0.2) is 4.87 Å². The van der Waals surface area contributed by atoms with Gasteiger partial charge in [-0.05, 0) is 42.0 Å². The molecule has 0 heterocycles. The first-order chi connectivity index (χ1) is 15.5. The van der Waals surface area contributed by atoms with E-state index < -0.39 is 28.4 Å². The molecular formula is C22H18Cl2FN3O4S. The van der Waals surface area contributed by atoms with Crippen LogP contribution in [-0.2, 0) is 4.74 Å². The topological polar surface area (TPSA) is 114 Å². The van der Waals surface area contributed by atoms with Gasteiger partial charge in [-0.2, -0.15) is 0 Å². The van der Waals surface area contributed by atoms with E-state index in [1.54, 1.807) is 24.3 Å². The number of nitrogens with two attached hydrogens (primary N) is 1. The average molecular weight is 510 g/mol. The second-order valence-electron chi connectivity index (χ2n) is 6.98. The highest BCUT2D eigenvalue weighted by Crippen LogP contribution is 2.47. The molecule has 0 radical (unpaired) electrons. The number of carbonyl (C=O) groups is 2. The van der Waals surface area contributed by atoms with Gasteiger partial charge in [-0.25, -0.2) is 9.18 Å². The Morgan fingerprint density at radius 3 is 2.55 bits per heavy atom. The van der Waals surface area contributed by atoms with Gasteiger partial charge in [-0.15, -0.1) is 11.6 Å². The van der Waals surface area contributed by atoms with Crippen LogP contribution < -0.4 is 16.4 Å². The third-order valence-electron chi connectivity index (χ3n) is 4.89. The Morgan fingerprint density at radius 1 is 1.21 bits per heavy atom. The Kier molecular flexibility index (Phi) is 7.20. The van der Waals surface area contributed by atoms with Crippen molar-refractivity contribution in [3.8, 4) is 0 Å². The van der Waals surface area contributed by atoms with Gasteiger partial charge in [0.05, 0.1) is 5.03 Å². The number of primary amides is 1. The van der Waals surface area contributed by atoms with Gasteiger partial charge >= 0.3 is 6.03 Å². The monoisotopic (exact) mass is 509 g/mol. The minimum absolute atomic E-state index is 0.114. The van der Waals surface area contributed by atoms with Crippen LogP contribution in [0, 0.1) is 5.82 Å². The van der Waals surface area contributed by atoms with Crippen molar-refractivity contribution in [3.05, 3.63) is 82.7 Å². The molecule has 2 aromatic carbocycles. The molecule has 7 nitrogen and oxygen atoms in total. The summed E-state index contributed by atoms with van der Waals surface area (Å²) in [7, 11) is 1.16. The molecule has 0 saturated heterocycles. The molecule has 0 aromatic heterocycles. The maximum atomic E-state index is 13.5. The number of para-hydroxylation sites is 1. The number of thiocarbonyl (C=S) groups is 1. The average Bonchev–Trinajstić information content (AvgIpc) is 2.77. The van der Waals surface area contributed by atoms with E-state index in [1.807, 2.05) is 0 Å². The standard InChI is InChI=1S/C22H18Cl2FN3O4S/c1-32-22(31)17(23)10-13(11-21(22,24)19(33)28-20(26)30)15-7-2-3-8-16(15)27-18(29)12-5-4-6-14(25)9-12/h2-11,31H,1H3,(H,27,29)(H3,26,28,30,33). The number of alkyl halides is 1. The summed E-state index contributed by atoms with van der Waals surface area (Å²) in [5.41, 5.74) is 6.41. The third kappa shape index (κ3) is 4.78. The smallest absolute Gasteiger partial charge is 0.317 e. The lowest BCUT2D eigenvalue weighted by Gasteiger charge is -2.42. The number of amides is 3. The van der Waals surface area contributed by atoms with E-state index in [0.717, 1.165) is 13.2 Å². The number of ether oxygens (including phenoxy) is 1. The second kappa shape index (κ2) is 9.58. The molecule has 1 aliphatic carbocycles. The zero-order valence-corrected chi connectivity index (χ0v) is 19.4. The number of nitrogens with one attached hydrogen (secondary N) is 2. The number of urea groups is 1. The third-order valence-corrected chi connectivity index (χ3v) is 6.34. The number of halogens is 3. The summed E-state index contributed by atoms with van der Waals surface area (Å²) in [6, 6.07) is 10.9. The van der Waals surface area contributed by atoms with Crippen LogP contribution in [0.3, 0.4) is 0 Å². The van der Waals surface area contributed by atoms with Crippen molar-refractivity contribution < 1.29 is 23.8 Å². The first-order valence-electron chi connectivity index (χ1n) is 9.36. The van der Waals surface area contributed by atoms with Gasteiger partial charge in [0.2, 0.25) is 5.79 Å². The van der Waals surface area contributed by atoms with Gasteiger partial charge in [-0.1, -0.05) is 48.1 Å². The molecule has 1 aliphatic rings. The zero-order chi connectivity index (χ0) is 24.4. The van der Waals surface area contributed by atoms with E-state index in [2.05, 4.69) is 10.6 Å². The zero-order valence-electron chi connectivity index (χ0n) is 17.1. The van der Waals surface area contributed by atoms with Gasteiger partial charge < -0.3 is 26.2 Å². The maximum absolute atomic E-state index is 13.5. The van der Waals surface area contributed by atoms with Crippen LogP contribution in [0.4, 0.5) is 14.9 Å². The lowest BCUT2D eigenvalue weighted by Crippen LogP contribution is -2.61. The number of hydrogen-bond donors (Lipinski definition) is 4. The van der Waals surface area contributed by atoms with Gasteiger partial charge in [-0.3, -0.25) is 4.79 Å². The summed E-state index contributed by atoms with van der Waals surface area (Å²) in [4.78, 5) is 21.6. The summed E-state index contributed by atoms with van der Waals surface area (Å²) in [5, 5.41) is 15.7. The largest absolute Gasteiger partial charge is 0.359 e. The molecule has 0 fully saturated rings. The van der Waals surface area contributed by atoms with Crippen LogP contribution in [-0.4, -0.2) is 39.8 Å². The van der Waals surface area contributed by atoms with Gasteiger partial charge in [0, 0.05) is 23.9 Å². The fourth-order valence-corrected chi connectivity index (χ4v) is 4.29. The Bertz CT molecular complexity index is 1210. The number of aliphatic hydroxyl groups is 1. The highest BCUT2D eigenvalue weighted by atomic mass is 35.5. The lowest BCUT2D eigenvalue weighted by atomic mass is 9.85. The summed E-state index contributed by atoms with van der Waals surface area (Å²) in [6.45, 7) is 0. The fraction of sp³-hybridized carbons (Fsp3) is 0.136. The van der Waals surface area contributed by atoms with E-state index >= 15 is 0 Å². The lowest BCUT2D eigenvalue weighted by molar-refractivity contribution is -0.154. The number of methoxy groups -OCH3 is 1. The Balaban J connectivity index is 2.07. The molecule has 0 spiro atoms. The van der Waals surface area contributed by atoms with Crippen molar-refractivity contribution in [3.63, 3.8) is 0 Å². The quantitative estimate of drug-likeness (QED) is 0.277. The molecule has 172 valence electrons. The van der Waals surface area contributed by atoms with Crippen molar-refractivity contribution in [2.45, 2.75) is 10.7 Å². The van der Waals surface area contributed by atoms with Crippen molar-refractivity contribution in [1.29, 1.82) is 0 Å². The Morgan fingerprint density at radius 2 is 1.91 bits per heavy atom. The minimum atomic E-state index is -2.32. The SMILES string of the molecule is COC1(O)C(Cl)=CC(c2ccccc2NC(=O)c2cccc(F)c2)=CC1(Cl)C(=S)NC(N)=O. The number of hydrogen-bond acceptors (Lipinski definition) is 5. The summed E-state index contributed by atoms with van der Waals surface area (Å²) >= 11 is 18.2. The fourth-order valence-electron chi connectivity index (χ4n) is 3.25. The summed E-state index contributed by atoms with van der Waals surface area (Å²) in [6.07, 6.45) is 2.71. The number of rotatable bonds is 5. The van der Waals surface area contributed by atoms with Crippen LogP contribution in [0.5, 0.6) is 0 Å². The van der Waals surface area contributed by atoms with E-state index in [0.29, 0.717) is 16.8 Å². The van der Waals surface area contributed by atoms with Crippen LogP contribution in [0.15, 0.2) is 65.7 Å². The molecule has 11 heteroatoms.